The van der Waals surface area contributed by atoms with Crippen molar-refractivity contribution in [2.45, 2.75) is 39.7 Å². The predicted octanol–water partition coefficient (Wildman–Crippen LogP) is 2.04. The van der Waals surface area contributed by atoms with Crippen molar-refractivity contribution in [2.75, 3.05) is 11.5 Å². The standard InChI is InChI=1S/C9H19NOS/c1-4-9(11)10-8(3)6-7-12-5-2/h8H,4-7H2,1-3H3,(H,10,11). The number of amides is 1. The maximum atomic E-state index is 10.9. The molecule has 0 aliphatic carbocycles. The first-order chi connectivity index (χ1) is 5.70. The molecule has 0 aromatic carbocycles. The van der Waals surface area contributed by atoms with Crippen molar-refractivity contribution in [2.24, 2.45) is 0 Å². The average Bonchev–Trinajstić information content (AvgIpc) is 2.05. The maximum absolute atomic E-state index is 10.9. The molecule has 1 unspecified atom stereocenters. The van der Waals surface area contributed by atoms with Crippen LogP contribution in [0.1, 0.15) is 33.6 Å². The van der Waals surface area contributed by atoms with E-state index in [0.29, 0.717) is 12.5 Å². The molecule has 2 nitrogen and oxygen atoms in total. The number of thioether (sulfide) groups is 1. The number of hydrogen-bond acceptors (Lipinski definition) is 2. The van der Waals surface area contributed by atoms with Crippen molar-refractivity contribution in [1.82, 2.24) is 5.32 Å². The van der Waals surface area contributed by atoms with Crippen LogP contribution in [0.5, 0.6) is 0 Å². The molecule has 0 saturated heterocycles. The normalized spacial score (nSPS) is 12.6. The summed E-state index contributed by atoms with van der Waals surface area (Å²) in [6.07, 6.45) is 1.66. The molecule has 72 valence electrons. The summed E-state index contributed by atoms with van der Waals surface area (Å²) in [5, 5.41) is 2.94. The number of carbonyl (C=O) groups excluding carboxylic acids is 1. The van der Waals surface area contributed by atoms with E-state index in [9.17, 15) is 4.79 Å². The summed E-state index contributed by atoms with van der Waals surface area (Å²) >= 11 is 1.92. The average molecular weight is 189 g/mol. The number of hydrogen-bond donors (Lipinski definition) is 1. The van der Waals surface area contributed by atoms with Gasteiger partial charge in [-0.05, 0) is 24.9 Å². The molecule has 0 fully saturated rings. The largest absolute Gasteiger partial charge is 0.354 e. The fraction of sp³-hybridized carbons (Fsp3) is 0.889. The zero-order valence-electron chi connectivity index (χ0n) is 8.22. The lowest BCUT2D eigenvalue weighted by atomic mass is 10.2. The van der Waals surface area contributed by atoms with Gasteiger partial charge in [0.15, 0.2) is 0 Å². The van der Waals surface area contributed by atoms with Crippen LogP contribution in [0.3, 0.4) is 0 Å². The Morgan fingerprint density at radius 3 is 2.67 bits per heavy atom. The summed E-state index contributed by atoms with van der Waals surface area (Å²) in [5.41, 5.74) is 0. The molecule has 0 aliphatic heterocycles. The molecule has 0 radical (unpaired) electrons. The van der Waals surface area contributed by atoms with Crippen LogP contribution in [0.4, 0.5) is 0 Å². The molecule has 0 spiro atoms. The maximum Gasteiger partial charge on any atom is 0.219 e. The summed E-state index contributed by atoms with van der Waals surface area (Å²) in [6, 6.07) is 0.330. The summed E-state index contributed by atoms with van der Waals surface area (Å²) in [7, 11) is 0. The van der Waals surface area contributed by atoms with Gasteiger partial charge in [0.1, 0.15) is 0 Å². The smallest absolute Gasteiger partial charge is 0.219 e. The fourth-order valence-electron chi connectivity index (χ4n) is 0.854. The van der Waals surface area contributed by atoms with Gasteiger partial charge in [0, 0.05) is 12.5 Å². The van der Waals surface area contributed by atoms with Gasteiger partial charge in [-0.2, -0.15) is 11.8 Å². The Morgan fingerprint density at radius 1 is 1.50 bits per heavy atom. The summed E-state index contributed by atoms with van der Waals surface area (Å²) < 4.78 is 0. The van der Waals surface area contributed by atoms with Gasteiger partial charge in [0.25, 0.3) is 0 Å². The van der Waals surface area contributed by atoms with E-state index in [4.69, 9.17) is 0 Å². The molecular weight excluding hydrogens is 170 g/mol. The second-order valence-corrected chi connectivity index (χ2v) is 4.20. The highest BCUT2D eigenvalue weighted by molar-refractivity contribution is 7.99. The number of rotatable bonds is 6. The number of carbonyl (C=O) groups is 1. The lowest BCUT2D eigenvalue weighted by Crippen LogP contribution is -2.32. The van der Waals surface area contributed by atoms with Gasteiger partial charge in [-0.25, -0.2) is 0 Å². The molecule has 1 N–H and O–H groups in total. The summed E-state index contributed by atoms with van der Waals surface area (Å²) in [5.74, 6) is 2.46. The predicted molar refractivity (Wildman–Crippen MR) is 55.5 cm³/mol. The fourth-order valence-corrected chi connectivity index (χ4v) is 1.66. The Hall–Kier alpha value is -0.180. The molecule has 0 aromatic rings. The van der Waals surface area contributed by atoms with E-state index in [1.165, 1.54) is 0 Å². The van der Waals surface area contributed by atoms with Gasteiger partial charge >= 0.3 is 0 Å². The lowest BCUT2D eigenvalue weighted by molar-refractivity contribution is -0.121. The molecular formula is C9H19NOS. The van der Waals surface area contributed by atoms with E-state index in [2.05, 4.69) is 19.2 Å². The first-order valence-electron chi connectivity index (χ1n) is 4.57. The number of nitrogens with one attached hydrogen (secondary N) is 1. The third-order valence-electron chi connectivity index (χ3n) is 1.63. The molecule has 0 rings (SSSR count). The van der Waals surface area contributed by atoms with Gasteiger partial charge in [0.2, 0.25) is 5.91 Å². The van der Waals surface area contributed by atoms with Crippen molar-refractivity contribution in [3.05, 3.63) is 0 Å². The van der Waals surface area contributed by atoms with Crippen LogP contribution in [0, 0.1) is 0 Å². The molecule has 0 aliphatic rings. The van der Waals surface area contributed by atoms with Crippen molar-refractivity contribution in [1.29, 1.82) is 0 Å². The summed E-state index contributed by atoms with van der Waals surface area (Å²) in [4.78, 5) is 10.9. The highest BCUT2D eigenvalue weighted by atomic mass is 32.2. The minimum absolute atomic E-state index is 0.156. The first-order valence-corrected chi connectivity index (χ1v) is 5.73. The minimum Gasteiger partial charge on any atom is -0.354 e. The zero-order chi connectivity index (χ0) is 9.40. The monoisotopic (exact) mass is 189 g/mol. The lowest BCUT2D eigenvalue weighted by Gasteiger charge is -2.12. The summed E-state index contributed by atoms with van der Waals surface area (Å²) in [6.45, 7) is 6.09. The van der Waals surface area contributed by atoms with Crippen LogP contribution in [0.2, 0.25) is 0 Å². The molecule has 12 heavy (non-hydrogen) atoms. The Bertz CT molecular complexity index is 128. The van der Waals surface area contributed by atoms with E-state index < -0.39 is 0 Å². The topological polar surface area (TPSA) is 29.1 Å². The second kappa shape index (κ2) is 7.47. The van der Waals surface area contributed by atoms with Gasteiger partial charge in [0.05, 0.1) is 0 Å². The minimum atomic E-state index is 0.156. The molecule has 0 saturated carbocycles. The molecule has 1 atom stereocenters. The third kappa shape index (κ3) is 6.53. The Morgan fingerprint density at radius 2 is 2.17 bits per heavy atom. The van der Waals surface area contributed by atoms with Crippen LogP contribution in [0.25, 0.3) is 0 Å². The quantitative estimate of drug-likeness (QED) is 0.648. The Labute approximate surface area is 79.5 Å². The van der Waals surface area contributed by atoms with E-state index in [1.807, 2.05) is 18.7 Å². The first kappa shape index (κ1) is 11.8. The zero-order valence-corrected chi connectivity index (χ0v) is 9.04. The van der Waals surface area contributed by atoms with Crippen LogP contribution >= 0.6 is 11.8 Å². The van der Waals surface area contributed by atoms with Crippen molar-refractivity contribution in [3.8, 4) is 0 Å². The molecule has 0 heterocycles. The van der Waals surface area contributed by atoms with Crippen LogP contribution in [0.15, 0.2) is 0 Å². The van der Waals surface area contributed by atoms with Crippen LogP contribution in [-0.2, 0) is 4.79 Å². The van der Waals surface area contributed by atoms with E-state index in [0.717, 1.165) is 17.9 Å². The molecule has 0 bridgehead atoms. The van der Waals surface area contributed by atoms with Crippen molar-refractivity contribution < 1.29 is 4.79 Å². The van der Waals surface area contributed by atoms with E-state index in [1.54, 1.807) is 0 Å². The van der Waals surface area contributed by atoms with Crippen LogP contribution in [-0.4, -0.2) is 23.5 Å². The molecule has 0 aromatic heterocycles. The Kier molecular flexibility index (Phi) is 7.36. The van der Waals surface area contributed by atoms with E-state index >= 15 is 0 Å². The SMILES string of the molecule is CCSCCC(C)NC(=O)CC. The van der Waals surface area contributed by atoms with E-state index in [-0.39, 0.29) is 5.91 Å². The third-order valence-corrected chi connectivity index (χ3v) is 2.56. The van der Waals surface area contributed by atoms with Gasteiger partial charge in [-0.1, -0.05) is 13.8 Å². The van der Waals surface area contributed by atoms with Gasteiger partial charge < -0.3 is 5.32 Å². The van der Waals surface area contributed by atoms with Crippen LogP contribution < -0.4 is 5.32 Å². The van der Waals surface area contributed by atoms with Crippen molar-refractivity contribution >= 4 is 17.7 Å². The van der Waals surface area contributed by atoms with Crippen molar-refractivity contribution in [3.63, 3.8) is 0 Å². The Balaban J connectivity index is 3.32. The van der Waals surface area contributed by atoms with Gasteiger partial charge in [-0.15, -0.1) is 0 Å². The molecule has 3 heteroatoms. The highest BCUT2D eigenvalue weighted by Gasteiger charge is 2.03. The van der Waals surface area contributed by atoms with Gasteiger partial charge in [-0.3, -0.25) is 4.79 Å². The second-order valence-electron chi connectivity index (χ2n) is 2.81. The molecule has 1 amide bonds. The highest BCUT2D eigenvalue weighted by Crippen LogP contribution is 2.03.